The highest BCUT2D eigenvalue weighted by Gasteiger charge is 2.39. The smallest absolute Gasteiger partial charge is 0.240 e. The van der Waals surface area contributed by atoms with Crippen molar-refractivity contribution in [2.75, 3.05) is 32.8 Å². The molecule has 6 rings (SSSR count). The minimum Gasteiger partial charge on any atom is -0.392 e. The lowest BCUT2D eigenvalue weighted by Gasteiger charge is -2.43. The summed E-state index contributed by atoms with van der Waals surface area (Å²) in [6.45, 7) is 6.41. The molecule has 2 aliphatic heterocycles. The molecule has 236 valence electrons. The lowest BCUT2D eigenvalue weighted by molar-refractivity contribution is -0.277. The fraction of sp³-hybridized carbons (Fsp3) is 0.333. The summed E-state index contributed by atoms with van der Waals surface area (Å²) >= 11 is 0. The number of nitrogens with one attached hydrogen (secondary N) is 1. The summed E-state index contributed by atoms with van der Waals surface area (Å²) in [6.07, 6.45) is -0.749. The van der Waals surface area contributed by atoms with E-state index in [-0.39, 0.29) is 36.2 Å². The lowest BCUT2D eigenvalue weighted by Crippen LogP contribution is -2.47. The number of morpholine rings is 1. The molecule has 2 heterocycles. The molecular weight excluding hydrogens is 588 g/mol. The minimum atomic E-state index is -3.60. The normalized spacial score (nSPS) is 22.7. The van der Waals surface area contributed by atoms with Gasteiger partial charge in [0.25, 0.3) is 0 Å². The minimum absolute atomic E-state index is 0.00526. The fourth-order valence-corrected chi connectivity index (χ4v) is 6.96. The fourth-order valence-electron chi connectivity index (χ4n) is 5.92. The van der Waals surface area contributed by atoms with Gasteiger partial charge in [0.2, 0.25) is 10.0 Å². The van der Waals surface area contributed by atoms with Crippen LogP contribution in [0.15, 0.2) is 108 Å². The van der Waals surface area contributed by atoms with Crippen LogP contribution >= 0.6 is 0 Å². The molecule has 0 aromatic heterocycles. The second-order valence-electron chi connectivity index (χ2n) is 11.7. The van der Waals surface area contributed by atoms with Gasteiger partial charge in [0, 0.05) is 37.7 Å². The molecule has 45 heavy (non-hydrogen) atoms. The Kier molecular flexibility index (Phi) is 10.1. The van der Waals surface area contributed by atoms with Gasteiger partial charge >= 0.3 is 0 Å². The second kappa shape index (κ2) is 14.3. The number of rotatable bonds is 10. The van der Waals surface area contributed by atoms with E-state index in [0.29, 0.717) is 0 Å². The maximum Gasteiger partial charge on any atom is 0.240 e. The van der Waals surface area contributed by atoms with Gasteiger partial charge in [0.05, 0.1) is 36.9 Å². The van der Waals surface area contributed by atoms with Crippen LogP contribution < -0.4 is 4.72 Å². The first-order valence-corrected chi connectivity index (χ1v) is 16.9. The van der Waals surface area contributed by atoms with Gasteiger partial charge in [-0.15, -0.1) is 0 Å². The standard InChI is InChI=1S/C36H40N2O6S/c1-26-34(24-38-18-20-42-21-19-38)43-36(44-35(26)30-12-10-27(25-39)11-13-30)31-16-14-29(15-17-31)32-7-5-6-28(22-32)23-37-45(40,41)33-8-3-2-4-9-33/h2-17,22,26,34-37,39H,18-21,23-25H2,1H3/t26-,34+,35+,36+/m1/s1. The second-order valence-corrected chi connectivity index (χ2v) is 13.5. The molecule has 4 atom stereocenters. The number of hydrogen-bond acceptors (Lipinski definition) is 7. The van der Waals surface area contributed by atoms with E-state index in [4.69, 9.17) is 14.2 Å². The van der Waals surface area contributed by atoms with Crippen molar-refractivity contribution in [1.82, 2.24) is 9.62 Å². The summed E-state index contributed by atoms with van der Waals surface area (Å²) in [5.74, 6) is 0.116. The Labute approximate surface area is 265 Å². The van der Waals surface area contributed by atoms with Gasteiger partial charge in [-0.3, -0.25) is 4.90 Å². The van der Waals surface area contributed by atoms with Gasteiger partial charge in [0.15, 0.2) is 6.29 Å². The van der Waals surface area contributed by atoms with E-state index in [1.54, 1.807) is 30.3 Å². The van der Waals surface area contributed by atoms with E-state index >= 15 is 0 Å². The monoisotopic (exact) mass is 628 g/mol. The molecule has 0 aliphatic carbocycles. The van der Waals surface area contributed by atoms with Crippen LogP contribution in [-0.2, 0) is 37.4 Å². The molecule has 2 fully saturated rings. The Bertz CT molecular complexity index is 1640. The molecule has 4 aromatic carbocycles. The lowest BCUT2D eigenvalue weighted by atomic mass is 9.90. The Morgan fingerprint density at radius 1 is 0.800 bits per heavy atom. The molecule has 2 aliphatic rings. The zero-order valence-electron chi connectivity index (χ0n) is 25.4. The summed E-state index contributed by atoms with van der Waals surface area (Å²) in [6, 6.07) is 32.4. The molecule has 8 nitrogen and oxygen atoms in total. The van der Waals surface area contributed by atoms with Crippen LogP contribution in [0.5, 0.6) is 0 Å². The Morgan fingerprint density at radius 3 is 2.22 bits per heavy atom. The molecule has 9 heteroatoms. The number of benzene rings is 4. The van der Waals surface area contributed by atoms with Crippen LogP contribution in [-0.4, -0.2) is 57.4 Å². The molecular formula is C36H40N2O6S. The van der Waals surface area contributed by atoms with E-state index in [1.807, 2.05) is 60.7 Å². The topological polar surface area (TPSA) is 97.3 Å². The third-order valence-electron chi connectivity index (χ3n) is 8.63. The largest absolute Gasteiger partial charge is 0.392 e. The average Bonchev–Trinajstić information content (AvgIpc) is 3.09. The van der Waals surface area contributed by atoms with Gasteiger partial charge in [-0.2, -0.15) is 0 Å². The SMILES string of the molecule is C[C@@H]1[C@H](CN2CCOCC2)O[C@H](c2ccc(-c3cccc(CNS(=O)(=O)c4ccccc4)c3)cc2)O[C@@H]1c1ccc(CO)cc1. The average molecular weight is 629 g/mol. The van der Waals surface area contributed by atoms with Gasteiger partial charge in [-0.25, -0.2) is 13.1 Å². The van der Waals surface area contributed by atoms with Crippen molar-refractivity contribution >= 4 is 10.0 Å². The van der Waals surface area contributed by atoms with E-state index in [1.165, 1.54) is 0 Å². The Balaban J connectivity index is 1.18. The van der Waals surface area contributed by atoms with Crippen LogP contribution in [0.4, 0.5) is 0 Å². The maximum absolute atomic E-state index is 12.7. The zero-order valence-corrected chi connectivity index (χ0v) is 26.2. The van der Waals surface area contributed by atoms with Crippen molar-refractivity contribution in [2.24, 2.45) is 5.92 Å². The van der Waals surface area contributed by atoms with Crippen LogP contribution in [0.25, 0.3) is 11.1 Å². The van der Waals surface area contributed by atoms with Gasteiger partial charge in [0.1, 0.15) is 0 Å². The Morgan fingerprint density at radius 2 is 1.51 bits per heavy atom. The number of aliphatic hydroxyl groups is 1. The summed E-state index contributed by atoms with van der Waals surface area (Å²) in [4.78, 5) is 2.64. The molecule has 0 unspecified atom stereocenters. The number of hydrogen-bond donors (Lipinski definition) is 2. The van der Waals surface area contributed by atoms with E-state index < -0.39 is 16.3 Å². The van der Waals surface area contributed by atoms with Crippen LogP contribution in [0, 0.1) is 5.92 Å². The molecule has 0 saturated carbocycles. The Hall–Kier alpha value is -3.41. The van der Waals surface area contributed by atoms with Crippen LogP contribution in [0.3, 0.4) is 0 Å². The first kappa shape index (κ1) is 31.6. The summed E-state index contributed by atoms with van der Waals surface area (Å²) in [7, 11) is -3.60. The number of aliphatic hydroxyl groups excluding tert-OH is 1. The third kappa shape index (κ3) is 7.70. The van der Waals surface area contributed by atoms with Crippen molar-refractivity contribution in [3.8, 4) is 11.1 Å². The number of nitrogens with zero attached hydrogens (tertiary/aromatic N) is 1. The van der Waals surface area contributed by atoms with Crippen LogP contribution in [0.1, 0.15) is 41.6 Å². The predicted molar refractivity (Wildman–Crippen MR) is 173 cm³/mol. The molecule has 4 aromatic rings. The first-order chi connectivity index (χ1) is 21.9. The van der Waals surface area contributed by atoms with Crippen molar-refractivity contribution in [3.05, 3.63) is 125 Å². The maximum atomic E-state index is 12.7. The molecule has 2 N–H and O–H groups in total. The number of ether oxygens (including phenoxy) is 3. The van der Waals surface area contributed by atoms with E-state index in [0.717, 1.165) is 66.2 Å². The van der Waals surface area contributed by atoms with Crippen molar-refractivity contribution < 1.29 is 27.7 Å². The molecule has 2 saturated heterocycles. The van der Waals surface area contributed by atoms with E-state index in [2.05, 4.69) is 28.7 Å². The molecule has 0 bridgehead atoms. The highest BCUT2D eigenvalue weighted by atomic mass is 32.2. The number of sulfonamides is 1. The van der Waals surface area contributed by atoms with Crippen molar-refractivity contribution in [1.29, 1.82) is 0 Å². The zero-order chi connectivity index (χ0) is 31.2. The van der Waals surface area contributed by atoms with Gasteiger partial charge < -0.3 is 19.3 Å². The van der Waals surface area contributed by atoms with Crippen molar-refractivity contribution in [3.63, 3.8) is 0 Å². The summed E-state index contributed by atoms with van der Waals surface area (Å²) in [5.41, 5.74) is 5.73. The van der Waals surface area contributed by atoms with E-state index in [9.17, 15) is 13.5 Å². The summed E-state index contributed by atoms with van der Waals surface area (Å²) in [5, 5.41) is 9.53. The first-order valence-electron chi connectivity index (χ1n) is 15.4. The van der Waals surface area contributed by atoms with Gasteiger partial charge in [-0.1, -0.05) is 91.9 Å². The molecule has 0 amide bonds. The van der Waals surface area contributed by atoms with Gasteiger partial charge in [-0.05, 0) is 46.0 Å². The van der Waals surface area contributed by atoms with Crippen molar-refractivity contribution in [2.45, 2.75) is 43.5 Å². The molecule has 0 spiro atoms. The third-order valence-corrected chi connectivity index (χ3v) is 10.0. The van der Waals surface area contributed by atoms with Crippen LogP contribution in [0.2, 0.25) is 0 Å². The highest BCUT2D eigenvalue weighted by Crippen LogP contribution is 2.42. The molecule has 0 radical (unpaired) electrons. The predicted octanol–water partition coefficient (Wildman–Crippen LogP) is 5.45. The highest BCUT2D eigenvalue weighted by molar-refractivity contribution is 7.89. The summed E-state index contributed by atoms with van der Waals surface area (Å²) < 4.78 is 46.9. The quantitative estimate of drug-likeness (QED) is 0.241.